The first kappa shape index (κ1) is 9.21. The van der Waals surface area contributed by atoms with Crippen LogP contribution in [-0.2, 0) is 0 Å². The fourth-order valence-electron chi connectivity index (χ4n) is 0. The maximum atomic E-state index is 6.86. The zero-order chi connectivity index (χ0) is 2.71. The van der Waals surface area contributed by atoms with Gasteiger partial charge in [-0.05, 0) is 10.4 Å². The third kappa shape index (κ3) is 25.3. The Balaban J connectivity index is 0. The Bertz CT molecular complexity index is 24.3. The number of nitrogens with one attached hydrogen (secondary N) is 1. The van der Waals surface area contributed by atoms with Crippen LogP contribution in [0.5, 0.6) is 0 Å². The summed E-state index contributed by atoms with van der Waals surface area (Å²) >= 11 is 0. The number of hydrogen-bond acceptors (Lipinski definition) is 1. The van der Waals surface area contributed by atoms with Crippen molar-refractivity contribution in [3.63, 3.8) is 0 Å². The molecule has 0 aromatic carbocycles. The maximum absolute atomic E-state index is 6.86. The highest BCUT2D eigenvalue weighted by Gasteiger charge is 0.973. The molecule has 0 unspecified atom stereocenters. The number of halogens is 1. The molecule has 0 rings (SSSR count). The highest BCUT2D eigenvalue weighted by atomic mass is 79.9. The summed E-state index contributed by atoms with van der Waals surface area (Å²) in [5.74, 6) is 0. The summed E-state index contributed by atoms with van der Waals surface area (Å²) in [4.78, 5) is 1.75. The molecule has 3 nitrogen and oxygen atoms in total. The molecule has 0 aliphatic heterocycles. The van der Waals surface area contributed by atoms with Gasteiger partial charge in [0.2, 0.25) is 0 Å². The third-order valence-corrected chi connectivity index (χ3v) is 0. The van der Waals surface area contributed by atoms with E-state index in [1.54, 1.807) is 4.91 Å². The van der Waals surface area contributed by atoms with E-state index in [4.69, 9.17) is 11.1 Å². The molecule has 0 saturated heterocycles. The normalized spacial score (nSPS) is 2.00. The van der Waals surface area contributed by atoms with Gasteiger partial charge in [0.1, 0.15) is 0 Å². The van der Waals surface area contributed by atoms with E-state index in [1.165, 1.54) is 0 Å². The Labute approximate surface area is 33.8 Å². The summed E-state index contributed by atoms with van der Waals surface area (Å²) in [5, 5.41) is 0. The van der Waals surface area contributed by atoms with Crippen molar-refractivity contribution in [3.8, 4) is 0 Å². The quantitative estimate of drug-likeness (QED) is 0.288. The standard InChI is InChI=1S/BrH.HN3/c;1-3-2/h1H;1H. The molecule has 0 heterocycles. The largest absolute Gasteiger partial charge is 0.114 e. The number of hydrogen-bond donors (Lipinski definition) is 1. The molecule has 0 aliphatic rings. The van der Waals surface area contributed by atoms with Gasteiger partial charge in [0.05, 0.1) is 0 Å². The van der Waals surface area contributed by atoms with Crippen LogP contribution in [0.15, 0.2) is 0 Å². The molecule has 24 valence electrons. The summed E-state index contributed by atoms with van der Waals surface area (Å²) in [7, 11) is 0. The molecule has 4 heavy (non-hydrogen) atoms. The number of nitrogens with zero attached hydrogens (tertiary/aromatic N) is 2. The Morgan fingerprint density at radius 1 is 1.75 bits per heavy atom. The van der Waals surface area contributed by atoms with Gasteiger partial charge >= 0.3 is 0 Å². The van der Waals surface area contributed by atoms with Crippen LogP contribution in [0.4, 0.5) is 0 Å². The van der Waals surface area contributed by atoms with Gasteiger partial charge in [-0.2, -0.15) is 0 Å². The molecule has 4 heteroatoms. The highest BCUT2D eigenvalue weighted by Crippen LogP contribution is 1.24. The van der Waals surface area contributed by atoms with E-state index >= 15 is 0 Å². The van der Waals surface area contributed by atoms with Gasteiger partial charge in [-0.3, -0.25) is 0 Å². The van der Waals surface area contributed by atoms with Gasteiger partial charge in [-0.1, -0.05) is 0 Å². The highest BCUT2D eigenvalue weighted by molar-refractivity contribution is 8.93. The van der Waals surface area contributed by atoms with E-state index in [1.807, 2.05) is 0 Å². The molecule has 0 atom stereocenters. The molecule has 0 aromatic heterocycles. The predicted molar refractivity (Wildman–Crippen MR) is 19.8 cm³/mol. The summed E-state index contributed by atoms with van der Waals surface area (Å²) < 4.78 is 0. The van der Waals surface area contributed by atoms with Crippen molar-refractivity contribution < 1.29 is 0 Å². The van der Waals surface area contributed by atoms with Crippen molar-refractivity contribution in [3.05, 3.63) is 10.4 Å². The van der Waals surface area contributed by atoms with Gasteiger partial charge in [-0.15, -0.1) is 22.5 Å². The Kier molecular flexibility index (Phi) is 33.0. The first-order valence-corrected chi connectivity index (χ1v) is 0.424. The molecule has 0 fully saturated rings. The van der Waals surface area contributed by atoms with Gasteiger partial charge in [0.15, 0.2) is 0 Å². The summed E-state index contributed by atoms with van der Waals surface area (Å²) in [5.41, 5.74) is 12.2. The van der Waals surface area contributed by atoms with E-state index < -0.39 is 0 Å². The van der Waals surface area contributed by atoms with E-state index in [-0.39, 0.29) is 17.0 Å². The van der Waals surface area contributed by atoms with E-state index in [0.29, 0.717) is 0 Å². The summed E-state index contributed by atoms with van der Waals surface area (Å²) in [6, 6.07) is 0. The van der Waals surface area contributed by atoms with Crippen molar-refractivity contribution in [1.82, 2.24) is 0 Å². The molecule has 0 aromatic rings. The molecule has 0 saturated carbocycles. The third-order valence-electron chi connectivity index (χ3n) is 0. The summed E-state index contributed by atoms with van der Waals surface area (Å²) in [6.07, 6.45) is 0. The fourth-order valence-corrected chi connectivity index (χ4v) is 0. The molecular formula is H2BrN3. The molecular weight excluding hydrogens is 122 g/mol. The van der Waals surface area contributed by atoms with Crippen LogP contribution in [0.1, 0.15) is 0 Å². The van der Waals surface area contributed by atoms with Crippen molar-refractivity contribution in [2.75, 3.05) is 0 Å². The lowest BCUT2D eigenvalue weighted by molar-refractivity contribution is 1.45. The second kappa shape index (κ2) is 14.3. The topological polar surface area (TPSA) is 60.3 Å². The van der Waals surface area contributed by atoms with Gasteiger partial charge in [0, 0.05) is 0 Å². The van der Waals surface area contributed by atoms with Gasteiger partial charge < -0.3 is 0 Å². The molecule has 1 N–H and O–H groups in total. The molecule has 0 amide bonds. The second-order valence-electron chi connectivity index (χ2n) is 0.100. The molecule has 0 radical (unpaired) electrons. The van der Waals surface area contributed by atoms with Crippen molar-refractivity contribution >= 4 is 17.0 Å². The maximum Gasteiger partial charge on any atom is -0.00208 e. The van der Waals surface area contributed by atoms with Crippen LogP contribution in [0.25, 0.3) is 10.4 Å². The molecule has 0 aliphatic carbocycles. The Hall–Kier alpha value is -0.210. The first-order valence-electron chi connectivity index (χ1n) is 0.424. The minimum absolute atomic E-state index is 0. The Morgan fingerprint density at radius 3 is 1.75 bits per heavy atom. The van der Waals surface area contributed by atoms with Crippen LogP contribution in [0.3, 0.4) is 0 Å². The molecule has 0 spiro atoms. The van der Waals surface area contributed by atoms with E-state index in [9.17, 15) is 0 Å². The van der Waals surface area contributed by atoms with Crippen molar-refractivity contribution in [2.24, 2.45) is 0 Å². The van der Waals surface area contributed by atoms with Gasteiger partial charge in [-0.25, -0.2) is 0 Å². The zero-order valence-corrected chi connectivity index (χ0v) is 3.52. The minimum atomic E-state index is 0. The lowest BCUT2D eigenvalue weighted by Gasteiger charge is -1.03. The monoisotopic (exact) mass is 123 g/mol. The first-order chi connectivity index (χ1) is 1.41. The lowest BCUT2D eigenvalue weighted by atomic mass is 13.0. The zero-order valence-electron chi connectivity index (χ0n) is 1.80. The van der Waals surface area contributed by atoms with Crippen LogP contribution >= 0.6 is 17.0 Å². The predicted octanol–water partition coefficient (Wildman–Crippen LogP) is 1.45. The second-order valence-corrected chi connectivity index (χ2v) is 0.100. The van der Waals surface area contributed by atoms with Crippen molar-refractivity contribution in [1.29, 1.82) is 5.53 Å². The van der Waals surface area contributed by atoms with Crippen molar-refractivity contribution in [2.45, 2.75) is 0 Å². The van der Waals surface area contributed by atoms with E-state index in [2.05, 4.69) is 0 Å². The van der Waals surface area contributed by atoms with Crippen LogP contribution in [-0.4, -0.2) is 0 Å². The minimum Gasteiger partial charge on any atom is -0.114 e. The molecule has 0 bridgehead atoms. The average Bonchev–Trinajstić information content (AvgIpc) is 0.918. The van der Waals surface area contributed by atoms with Crippen LogP contribution in [0.2, 0.25) is 0 Å². The fraction of sp³-hybridized carbons (Fsp3) is 0. The average molecular weight is 124 g/mol. The smallest absolute Gasteiger partial charge is 0.00208 e. The van der Waals surface area contributed by atoms with E-state index in [0.717, 1.165) is 0 Å². The lowest BCUT2D eigenvalue weighted by Crippen LogP contribution is -0.769. The Morgan fingerprint density at radius 2 is 1.75 bits per heavy atom. The SMILES string of the molecule is Br.[N-]=[N+]=N. The van der Waals surface area contributed by atoms with Gasteiger partial charge in [0.25, 0.3) is 0 Å². The van der Waals surface area contributed by atoms with Crippen LogP contribution < -0.4 is 0 Å². The number of rotatable bonds is 0. The van der Waals surface area contributed by atoms with Crippen LogP contribution in [0, 0.1) is 5.53 Å². The summed E-state index contributed by atoms with van der Waals surface area (Å²) in [6.45, 7) is 0.